The molecule has 0 fully saturated rings. The van der Waals surface area contributed by atoms with Crippen LogP contribution in [0.3, 0.4) is 0 Å². The van der Waals surface area contributed by atoms with Crippen LogP contribution < -0.4 is 10.6 Å². The molecule has 8 heteroatoms. The first-order valence-corrected chi connectivity index (χ1v) is 8.07. The molecule has 28 heavy (non-hydrogen) atoms. The lowest BCUT2D eigenvalue weighted by molar-refractivity contribution is -0.137. The van der Waals surface area contributed by atoms with Gasteiger partial charge in [-0.05, 0) is 42.5 Å². The van der Waals surface area contributed by atoms with E-state index < -0.39 is 17.6 Å². The number of pyridine rings is 1. The fourth-order valence-corrected chi connectivity index (χ4v) is 2.44. The molecule has 0 aliphatic rings. The van der Waals surface area contributed by atoms with Crippen molar-refractivity contribution in [1.82, 2.24) is 4.98 Å². The van der Waals surface area contributed by atoms with E-state index in [1.165, 1.54) is 30.5 Å². The lowest BCUT2D eigenvalue weighted by Gasteiger charge is -2.11. The first kappa shape index (κ1) is 18.9. The molecule has 1 amide bonds. The van der Waals surface area contributed by atoms with Crippen molar-refractivity contribution in [3.63, 3.8) is 0 Å². The van der Waals surface area contributed by atoms with E-state index in [2.05, 4.69) is 15.6 Å². The summed E-state index contributed by atoms with van der Waals surface area (Å²) in [5.41, 5.74) is 0.303. The Bertz CT molecular complexity index is 1060. The minimum atomic E-state index is -4.50. The average Bonchev–Trinajstić information content (AvgIpc) is 2.68. The van der Waals surface area contributed by atoms with Gasteiger partial charge >= 0.3 is 6.18 Å². The predicted octanol–water partition coefficient (Wildman–Crippen LogP) is 4.97. The highest BCUT2D eigenvalue weighted by Crippen LogP contribution is 2.30. The van der Waals surface area contributed by atoms with E-state index in [9.17, 15) is 18.0 Å². The smallest absolute Gasteiger partial charge is 0.339 e. The Morgan fingerprint density at radius 1 is 1.04 bits per heavy atom. The van der Waals surface area contributed by atoms with E-state index in [-0.39, 0.29) is 11.3 Å². The van der Waals surface area contributed by atoms with E-state index >= 15 is 0 Å². The Hall–Kier alpha value is -3.86. The molecule has 140 valence electrons. The molecule has 0 saturated carbocycles. The summed E-state index contributed by atoms with van der Waals surface area (Å²) in [7, 11) is 0. The van der Waals surface area contributed by atoms with E-state index in [0.717, 1.165) is 12.1 Å². The van der Waals surface area contributed by atoms with E-state index in [1.54, 1.807) is 24.3 Å². The molecule has 0 spiro atoms. The Labute approximate surface area is 158 Å². The van der Waals surface area contributed by atoms with E-state index in [1.807, 2.05) is 6.07 Å². The van der Waals surface area contributed by atoms with Crippen LogP contribution in [0.2, 0.25) is 0 Å². The molecule has 0 radical (unpaired) electrons. The zero-order valence-corrected chi connectivity index (χ0v) is 14.3. The van der Waals surface area contributed by atoms with Gasteiger partial charge in [0.1, 0.15) is 11.9 Å². The van der Waals surface area contributed by atoms with Crippen molar-refractivity contribution in [2.45, 2.75) is 6.18 Å². The second-order valence-corrected chi connectivity index (χ2v) is 5.74. The molecule has 0 saturated heterocycles. The number of alkyl halides is 3. The van der Waals surface area contributed by atoms with Crippen LogP contribution in [0, 0.1) is 11.3 Å². The van der Waals surface area contributed by atoms with Gasteiger partial charge in [-0.2, -0.15) is 18.4 Å². The van der Waals surface area contributed by atoms with Gasteiger partial charge in [0.2, 0.25) is 0 Å². The zero-order valence-electron chi connectivity index (χ0n) is 14.3. The van der Waals surface area contributed by atoms with Crippen molar-refractivity contribution in [3.8, 4) is 6.07 Å². The second kappa shape index (κ2) is 7.80. The fourth-order valence-electron chi connectivity index (χ4n) is 2.44. The number of carbonyl (C=O) groups is 1. The van der Waals surface area contributed by atoms with Crippen LogP contribution in [0.1, 0.15) is 21.5 Å². The normalized spacial score (nSPS) is 10.8. The third kappa shape index (κ3) is 4.45. The van der Waals surface area contributed by atoms with Gasteiger partial charge in [0.25, 0.3) is 5.91 Å². The van der Waals surface area contributed by atoms with Crippen molar-refractivity contribution in [2.75, 3.05) is 10.6 Å². The van der Waals surface area contributed by atoms with Crippen LogP contribution in [0.25, 0.3) is 0 Å². The fraction of sp³-hybridized carbons (Fsp3) is 0.0500. The molecule has 1 aromatic heterocycles. The number of hydrogen-bond donors (Lipinski definition) is 2. The van der Waals surface area contributed by atoms with Gasteiger partial charge in [-0.15, -0.1) is 0 Å². The number of amides is 1. The number of rotatable bonds is 4. The van der Waals surface area contributed by atoms with Crippen molar-refractivity contribution in [1.29, 1.82) is 5.26 Å². The molecule has 0 aliphatic carbocycles. The van der Waals surface area contributed by atoms with Crippen LogP contribution in [0.5, 0.6) is 0 Å². The van der Waals surface area contributed by atoms with E-state index in [0.29, 0.717) is 17.1 Å². The summed E-state index contributed by atoms with van der Waals surface area (Å²) in [6, 6.07) is 16.1. The molecule has 2 N–H and O–H groups in total. The minimum absolute atomic E-state index is 0.0287. The summed E-state index contributed by atoms with van der Waals surface area (Å²) in [5, 5.41) is 14.5. The summed E-state index contributed by atoms with van der Waals surface area (Å²) in [4.78, 5) is 16.5. The van der Waals surface area contributed by atoms with Gasteiger partial charge in [-0.1, -0.05) is 18.2 Å². The maximum Gasteiger partial charge on any atom is 0.416 e. The number of nitriles is 1. The molecule has 3 rings (SSSR count). The van der Waals surface area contributed by atoms with Crippen molar-refractivity contribution >= 4 is 23.1 Å². The Morgan fingerprint density at radius 2 is 1.82 bits per heavy atom. The number of nitrogens with one attached hydrogen (secondary N) is 2. The number of hydrogen-bond acceptors (Lipinski definition) is 4. The van der Waals surface area contributed by atoms with Gasteiger partial charge in [0.05, 0.1) is 16.8 Å². The summed E-state index contributed by atoms with van der Waals surface area (Å²) in [5.74, 6) is -0.266. The molecule has 0 aliphatic heterocycles. The lowest BCUT2D eigenvalue weighted by atomic mass is 10.1. The third-order valence-corrected chi connectivity index (χ3v) is 3.78. The topological polar surface area (TPSA) is 77.8 Å². The quantitative estimate of drug-likeness (QED) is 0.668. The molecule has 0 atom stereocenters. The molecular weight excluding hydrogens is 369 g/mol. The Kier molecular flexibility index (Phi) is 5.27. The van der Waals surface area contributed by atoms with Crippen LogP contribution in [0.15, 0.2) is 66.9 Å². The largest absolute Gasteiger partial charge is 0.416 e. The van der Waals surface area contributed by atoms with Crippen LogP contribution >= 0.6 is 0 Å². The number of anilines is 3. The maximum atomic E-state index is 12.8. The minimum Gasteiger partial charge on any atom is -0.339 e. The predicted molar refractivity (Wildman–Crippen MR) is 98.1 cm³/mol. The summed E-state index contributed by atoms with van der Waals surface area (Å²) in [6.45, 7) is 0. The Balaban J connectivity index is 1.79. The van der Waals surface area contributed by atoms with Gasteiger partial charge < -0.3 is 10.6 Å². The monoisotopic (exact) mass is 382 g/mol. The van der Waals surface area contributed by atoms with E-state index in [4.69, 9.17) is 5.26 Å². The molecule has 5 nitrogen and oxygen atoms in total. The lowest BCUT2D eigenvalue weighted by Crippen LogP contribution is -2.13. The maximum absolute atomic E-state index is 12.8. The standard InChI is InChI=1S/C20H13F3N4O/c21-20(22,23)15-5-3-6-16(11-15)26-19(28)13-8-9-25-18(10-13)27-17-7-2-1-4-14(17)12-24/h1-11H,(H,25,27)(H,26,28). The number of carbonyl (C=O) groups excluding carboxylic acids is 1. The molecule has 0 bridgehead atoms. The highest BCUT2D eigenvalue weighted by molar-refractivity contribution is 6.04. The third-order valence-electron chi connectivity index (χ3n) is 3.78. The summed E-state index contributed by atoms with van der Waals surface area (Å²) < 4.78 is 38.4. The first-order valence-electron chi connectivity index (χ1n) is 8.07. The highest BCUT2D eigenvalue weighted by Gasteiger charge is 2.30. The number of aromatic nitrogens is 1. The van der Waals surface area contributed by atoms with Crippen LogP contribution in [-0.2, 0) is 6.18 Å². The number of para-hydroxylation sites is 1. The van der Waals surface area contributed by atoms with Gasteiger partial charge in [0.15, 0.2) is 0 Å². The van der Waals surface area contributed by atoms with Crippen molar-refractivity contribution < 1.29 is 18.0 Å². The molecular formula is C20H13F3N4O. The summed E-state index contributed by atoms with van der Waals surface area (Å²) >= 11 is 0. The first-order chi connectivity index (χ1) is 13.4. The second-order valence-electron chi connectivity index (χ2n) is 5.74. The van der Waals surface area contributed by atoms with Crippen LogP contribution in [0.4, 0.5) is 30.4 Å². The van der Waals surface area contributed by atoms with Gasteiger partial charge in [-0.3, -0.25) is 4.79 Å². The van der Waals surface area contributed by atoms with Gasteiger partial charge in [0, 0.05) is 17.4 Å². The zero-order chi connectivity index (χ0) is 20.1. The molecule has 1 heterocycles. The molecule has 3 aromatic rings. The van der Waals surface area contributed by atoms with Crippen molar-refractivity contribution in [3.05, 3.63) is 83.6 Å². The van der Waals surface area contributed by atoms with Crippen LogP contribution in [-0.4, -0.2) is 10.9 Å². The number of benzene rings is 2. The molecule has 2 aromatic carbocycles. The number of halogens is 3. The average molecular weight is 382 g/mol. The molecule has 0 unspecified atom stereocenters. The Morgan fingerprint density at radius 3 is 2.57 bits per heavy atom. The number of nitrogens with zero attached hydrogens (tertiary/aromatic N) is 2. The van der Waals surface area contributed by atoms with Crippen molar-refractivity contribution in [2.24, 2.45) is 0 Å². The summed E-state index contributed by atoms with van der Waals surface area (Å²) in [6.07, 6.45) is -3.11. The van der Waals surface area contributed by atoms with Gasteiger partial charge in [-0.25, -0.2) is 4.98 Å². The highest BCUT2D eigenvalue weighted by atomic mass is 19.4. The SMILES string of the molecule is N#Cc1ccccc1Nc1cc(C(=O)Nc2cccc(C(F)(F)F)c2)ccn1.